The molecule has 0 saturated carbocycles. The molecular formula is C15H12N4O3. The third-order valence-electron chi connectivity index (χ3n) is 3.17. The maximum Gasteiger partial charge on any atom is 0.326 e. The molecule has 0 aliphatic rings. The van der Waals surface area contributed by atoms with Gasteiger partial charge >= 0.3 is 5.69 Å². The molecular weight excluding hydrogens is 284 g/mol. The number of amides is 1. The van der Waals surface area contributed by atoms with Gasteiger partial charge in [0.2, 0.25) is 0 Å². The number of hydrogen-bond acceptors (Lipinski definition) is 4. The minimum absolute atomic E-state index is 0.287. The zero-order valence-electron chi connectivity index (χ0n) is 11.3. The minimum Gasteiger partial charge on any atom is -0.399 e. The third-order valence-corrected chi connectivity index (χ3v) is 3.17. The van der Waals surface area contributed by atoms with Crippen molar-refractivity contribution in [1.29, 1.82) is 0 Å². The van der Waals surface area contributed by atoms with Crippen molar-refractivity contribution in [1.82, 2.24) is 9.97 Å². The highest BCUT2D eigenvalue weighted by Crippen LogP contribution is 2.15. The van der Waals surface area contributed by atoms with E-state index in [1.54, 1.807) is 36.4 Å². The summed E-state index contributed by atoms with van der Waals surface area (Å²) in [6.07, 6.45) is 0. The van der Waals surface area contributed by atoms with Crippen LogP contribution in [-0.4, -0.2) is 15.9 Å². The Morgan fingerprint density at radius 1 is 1.00 bits per heavy atom. The fraction of sp³-hybridized carbons (Fsp3) is 0. The fourth-order valence-corrected chi connectivity index (χ4v) is 2.08. The van der Waals surface area contributed by atoms with E-state index in [1.807, 2.05) is 0 Å². The van der Waals surface area contributed by atoms with Gasteiger partial charge in [-0.05, 0) is 42.5 Å². The predicted octanol–water partition coefficient (Wildman–Crippen LogP) is 1.05. The second-order valence-corrected chi connectivity index (χ2v) is 4.74. The molecule has 5 N–H and O–H groups in total. The van der Waals surface area contributed by atoms with Crippen molar-refractivity contribution < 1.29 is 4.79 Å². The first-order valence-corrected chi connectivity index (χ1v) is 6.46. The van der Waals surface area contributed by atoms with E-state index < -0.39 is 11.2 Å². The first kappa shape index (κ1) is 13.6. The standard InChI is InChI=1S/C15H12N4O3/c16-9-3-1-8(2-4-9)13(20)17-10-5-6-12-11(7-10)14(21)19-15(22)18-12/h1-7H,16H2,(H,17,20)(H2,18,19,21,22). The van der Waals surface area contributed by atoms with Gasteiger partial charge in [-0.1, -0.05) is 0 Å². The Balaban J connectivity index is 1.94. The highest BCUT2D eigenvalue weighted by molar-refractivity contribution is 6.05. The molecule has 0 spiro atoms. The van der Waals surface area contributed by atoms with E-state index in [1.165, 1.54) is 6.07 Å². The van der Waals surface area contributed by atoms with Crippen LogP contribution < -0.4 is 22.3 Å². The molecule has 0 atom stereocenters. The van der Waals surface area contributed by atoms with Gasteiger partial charge in [-0.25, -0.2) is 4.79 Å². The second kappa shape index (κ2) is 5.21. The summed E-state index contributed by atoms with van der Waals surface area (Å²) in [5, 5.41) is 2.97. The smallest absolute Gasteiger partial charge is 0.326 e. The quantitative estimate of drug-likeness (QED) is 0.528. The summed E-state index contributed by atoms with van der Waals surface area (Å²) in [4.78, 5) is 39.7. The van der Waals surface area contributed by atoms with Gasteiger partial charge in [-0.3, -0.25) is 14.6 Å². The normalized spacial score (nSPS) is 10.5. The van der Waals surface area contributed by atoms with Crippen LogP contribution in [-0.2, 0) is 0 Å². The molecule has 0 saturated heterocycles. The Morgan fingerprint density at radius 3 is 2.45 bits per heavy atom. The van der Waals surface area contributed by atoms with Crippen LogP contribution in [0.15, 0.2) is 52.1 Å². The van der Waals surface area contributed by atoms with Gasteiger partial charge in [0, 0.05) is 16.9 Å². The Bertz CT molecular complexity index is 970. The lowest BCUT2D eigenvalue weighted by Crippen LogP contribution is -2.22. The SMILES string of the molecule is Nc1ccc(C(=O)Nc2ccc3[nH]c(=O)[nH]c(=O)c3c2)cc1. The Morgan fingerprint density at radius 2 is 1.73 bits per heavy atom. The van der Waals surface area contributed by atoms with E-state index in [0.29, 0.717) is 22.5 Å². The van der Waals surface area contributed by atoms with E-state index in [-0.39, 0.29) is 11.3 Å². The number of nitrogen functional groups attached to an aromatic ring is 1. The Kier molecular flexibility index (Phi) is 3.23. The van der Waals surface area contributed by atoms with Crippen LogP contribution in [0.4, 0.5) is 11.4 Å². The number of aromatic amines is 2. The molecule has 0 aliphatic heterocycles. The summed E-state index contributed by atoms with van der Waals surface area (Å²) in [6, 6.07) is 11.1. The van der Waals surface area contributed by atoms with E-state index >= 15 is 0 Å². The van der Waals surface area contributed by atoms with Gasteiger partial charge in [-0.2, -0.15) is 0 Å². The Labute approximate surface area is 123 Å². The van der Waals surface area contributed by atoms with Crippen LogP contribution in [0.25, 0.3) is 10.9 Å². The monoisotopic (exact) mass is 296 g/mol. The first-order chi connectivity index (χ1) is 10.5. The molecule has 3 rings (SSSR count). The van der Waals surface area contributed by atoms with Crippen LogP contribution >= 0.6 is 0 Å². The molecule has 0 fully saturated rings. The number of anilines is 2. The fourth-order valence-electron chi connectivity index (χ4n) is 2.08. The highest BCUT2D eigenvalue weighted by Gasteiger charge is 2.07. The number of rotatable bonds is 2. The molecule has 3 aromatic rings. The van der Waals surface area contributed by atoms with Crippen LogP contribution in [0.1, 0.15) is 10.4 Å². The van der Waals surface area contributed by atoms with Gasteiger partial charge < -0.3 is 16.0 Å². The van der Waals surface area contributed by atoms with Gasteiger partial charge in [-0.15, -0.1) is 0 Å². The third kappa shape index (κ3) is 2.59. The number of nitrogens with two attached hydrogens (primary N) is 1. The lowest BCUT2D eigenvalue weighted by atomic mass is 10.1. The number of fused-ring (bicyclic) bond motifs is 1. The van der Waals surface area contributed by atoms with Gasteiger partial charge in [0.15, 0.2) is 0 Å². The molecule has 0 unspecified atom stereocenters. The molecule has 0 radical (unpaired) electrons. The van der Waals surface area contributed by atoms with Crippen LogP contribution in [0, 0.1) is 0 Å². The number of carbonyl (C=O) groups is 1. The van der Waals surface area contributed by atoms with E-state index in [0.717, 1.165) is 0 Å². The summed E-state index contributed by atoms with van der Waals surface area (Å²) < 4.78 is 0. The molecule has 7 nitrogen and oxygen atoms in total. The van der Waals surface area contributed by atoms with Crippen LogP contribution in [0.3, 0.4) is 0 Å². The molecule has 0 bridgehead atoms. The van der Waals surface area contributed by atoms with E-state index in [4.69, 9.17) is 5.73 Å². The topological polar surface area (TPSA) is 121 Å². The maximum absolute atomic E-state index is 12.1. The van der Waals surface area contributed by atoms with Gasteiger partial charge in [0.25, 0.3) is 11.5 Å². The van der Waals surface area contributed by atoms with Gasteiger partial charge in [0.05, 0.1) is 10.9 Å². The average molecular weight is 296 g/mol. The summed E-state index contributed by atoms with van der Waals surface area (Å²) in [6.45, 7) is 0. The van der Waals surface area contributed by atoms with Crippen molar-refractivity contribution >= 4 is 28.2 Å². The largest absolute Gasteiger partial charge is 0.399 e. The maximum atomic E-state index is 12.1. The lowest BCUT2D eigenvalue weighted by molar-refractivity contribution is 0.102. The number of hydrogen-bond donors (Lipinski definition) is 4. The summed E-state index contributed by atoms with van der Waals surface area (Å²) >= 11 is 0. The zero-order valence-corrected chi connectivity index (χ0v) is 11.3. The first-order valence-electron chi connectivity index (χ1n) is 6.46. The van der Waals surface area contributed by atoms with Gasteiger partial charge in [0.1, 0.15) is 0 Å². The molecule has 1 amide bonds. The van der Waals surface area contributed by atoms with E-state index in [9.17, 15) is 14.4 Å². The molecule has 1 heterocycles. The number of nitrogens with one attached hydrogen (secondary N) is 3. The molecule has 110 valence electrons. The van der Waals surface area contributed by atoms with Crippen molar-refractivity contribution in [3.63, 3.8) is 0 Å². The number of aromatic nitrogens is 2. The predicted molar refractivity (Wildman–Crippen MR) is 84.0 cm³/mol. The molecule has 2 aromatic carbocycles. The van der Waals surface area contributed by atoms with E-state index in [2.05, 4.69) is 15.3 Å². The van der Waals surface area contributed by atoms with Crippen molar-refractivity contribution in [3.05, 3.63) is 68.9 Å². The summed E-state index contributed by atoms with van der Waals surface area (Å²) in [7, 11) is 0. The molecule has 7 heteroatoms. The number of carbonyl (C=O) groups excluding carboxylic acids is 1. The zero-order chi connectivity index (χ0) is 15.7. The van der Waals surface area contributed by atoms with Crippen molar-refractivity contribution in [2.24, 2.45) is 0 Å². The Hall–Kier alpha value is -3.35. The van der Waals surface area contributed by atoms with Crippen LogP contribution in [0.2, 0.25) is 0 Å². The van der Waals surface area contributed by atoms with Crippen molar-refractivity contribution in [3.8, 4) is 0 Å². The summed E-state index contributed by atoms with van der Waals surface area (Å²) in [5.41, 5.74) is 6.36. The minimum atomic E-state index is -0.573. The number of H-pyrrole nitrogens is 2. The lowest BCUT2D eigenvalue weighted by Gasteiger charge is -2.06. The second-order valence-electron chi connectivity index (χ2n) is 4.74. The molecule has 1 aromatic heterocycles. The number of benzene rings is 2. The summed E-state index contributed by atoms with van der Waals surface area (Å²) in [5.74, 6) is -0.319. The molecule has 0 aliphatic carbocycles. The van der Waals surface area contributed by atoms with Crippen molar-refractivity contribution in [2.45, 2.75) is 0 Å². The van der Waals surface area contributed by atoms with Crippen LogP contribution in [0.5, 0.6) is 0 Å². The highest BCUT2D eigenvalue weighted by atomic mass is 16.2. The average Bonchev–Trinajstić information content (AvgIpc) is 2.48. The van der Waals surface area contributed by atoms with Crippen molar-refractivity contribution in [2.75, 3.05) is 11.1 Å². The molecule has 22 heavy (non-hydrogen) atoms.